The Morgan fingerprint density at radius 2 is 1.78 bits per heavy atom. The highest BCUT2D eigenvalue weighted by Crippen LogP contribution is 2.31. The maximum absolute atomic E-state index is 12.2. The predicted octanol–water partition coefficient (Wildman–Crippen LogP) is 1.42. The van der Waals surface area contributed by atoms with Gasteiger partial charge in [0, 0.05) is 0 Å². The summed E-state index contributed by atoms with van der Waals surface area (Å²) in [7, 11) is 0. The molecule has 140 valence electrons. The second-order valence-corrected chi connectivity index (χ2v) is 6.43. The summed E-state index contributed by atoms with van der Waals surface area (Å²) < 4.78 is 5.34. The number of hydrogen-bond acceptors (Lipinski definition) is 4. The van der Waals surface area contributed by atoms with Crippen molar-refractivity contribution in [2.24, 2.45) is 0 Å². The number of carbonyl (C=O) groups is 3. The van der Waals surface area contributed by atoms with E-state index in [4.69, 9.17) is 4.74 Å². The Hall–Kier alpha value is -3.35. The first kappa shape index (κ1) is 18.4. The molecule has 0 radical (unpaired) electrons. The van der Waals surface area contributed by atoms with Gasteiger partial charge in [-0.25, -0.2) is 0 Å². The lowest BCUT2D eigenvalue weighted by molar-refractivity contribution is -0.129. The Labute approximate surface area is 157 Å². The molecule has 0 aromatic heterocycles. The number of ether oxygens (including phenoxy) is 1. The van der Waals surface area contributed by atoms with E-state index in [9.17, 15) is 14.4 Å². The normalized spacial score (nSPS) is 12.8. The van der Waals surface area contributed by atoms with Crippen molar-refractivity contribution >= 4 is 23.4 Å². The smallest absolute Gasteiger partial charge is 0.265 e. The van der Waals surface area contributed by atoms with Crippen LogP contribution in [0.1, 0.15) is 16.7 Å². The number of carbonyl (C=O) groups excluding carboxylic acids is 3. The number of fused-ring (bicyclic) bond motifs is 1. The summed E-state index contributed by atoms with van der Waals surface area (Å²) in [6.07, 6.45) is 0.153. The fourth-order valence-corrected chi connectivity index (χ4v) is 2.79. The number of hydrazine groups is 1. The van der Waals surface area contributed by atoms with Crippen LogP contribution in [0.15, 0.2) is 42.5 Å². The van der Waals surface area contributed by atoms with Crippen LogP contribution in [0.4, 0.5) is 5.69 Å². The largest absolute Gasteiger partial charge is 0.482 e. The topological polar surface area (TPSA) is 87.7 Å². The van der Waals surface area contributed by atoms with Crippen LogP contribution < -0.4 is 20.5 Å². The molecule has 27 heavy (non-hydrogen) atoms. The summed E-state index contributed by atoms with van der Waals surface area (Å²) in [6.45, 7) is 3.66. The van der Waals surface area contributed by atoms with Gasteiger partial charge in [0.15, 0.2) is 6.61 Å². The summed E-state index contributed by atoms with van der Waals surface area (Å²) in [6, 6.07) is 12.8. The molecule has 0 aliphatic carbocycles. The molecule has 2 aromatic rings. The van der Waals surface area contributed by atoms with Gasteiger partial charge >= 0.3 is 0 Å². The molecule has 0 unspecified atom stereocenters. The molecule has 7 nitrogen and oxygen atoms in total. The summed E-state index contributed by atoms with van der Waals surface area (Å²) in [4.78, 5) is 37.6. The van der Waals surface area contributed by atoms with Gasteiger partial charge in [0.05, 0.1) is 12.1 Å². The third kappa shape index (κ3) is 4.44. The second-order valence-electron chi connectivity index (χ2n) is 6.43. The van der Waals surface area contributed by atoms with Gasteiger partial charge in [-0.1, -0.05) is 30.3 Å². The fourth-order valence-electron chi connectivity index (χ4n) is 2.79. The molecule has 0 saturated heterocycles. The van der Waals surface area contributed by atoms with Crippen molar-refractivity contribution in [3.05, 3.63) is 59.2 Å². The van der Waals surface area contributed by atoms with Crippen LogP contribution in [0.3, 0.4) is 0 Å². The number of aryl methyl sites for hydroxylation is 2. The number of nitrogens with one attached hydrogen (secondary N) is 2. The molecule has 3 amide bonds. The van der Waals surface area contributed by atoms with E-state index in [0.29, 0.717) is 11.4 Å². The van der Waals surface area contributed by atoms with Crippen molar-refractivity contribution in [2.75, 3.05) is 18.1 Å². The van der Waals surface area contributed by atoms with E-state index in [1.807, 2.05) is 32.0 Å². The van der Waals surface area contributed by atoms with Crippen molar-refractivity contribution < 1.29 is 19.1 Å². The van der Waals surface area contributed by atoms with E-state index in [2.05, 4.69) is 10.9 Å². The second kappa shape index (κ2) is 7.90. The molecule has 0 saturated carbocycles. The number of nitrogens with zero attached hydrogens (tertiary/aromatic N) is 1. The van der Waals surface area contributed by atoms with Crippen molar-refractivity contribution in [2.45, 2.75) is 20.3 Å². The summed E-state index contributed by atoms with van der Waals surface area (Å²) >= 11 is 0. The van der Waals surface area contributed by atoms with Crippen molar-refractivity contribution in [3.8, 4) is 5.75 Å². The molecule has 1 aliphatic heterocycles. The Morgan fingerprint density at radius 1 is 1.04 bits per heavy atom. The molecule has 2 aromatic carbocycles. The van der Waals surface area contributed by atoms with Crippen LogP contribution in [0.5, 0.6) is 5.75 Å². The number of amides is 3. The van der Waals surface area contributed by atoms with Gasteiger partial charge < -0.3 is 4.74 Å². The monoisotopic (exact) mass is 367 g/mol. The zero-order valence-electron chi connectivity index (χ0n) is 15.2. The van der Waals surface area contributed by atoms with Crippen molar-refractivity contribution in [1.29, 1.82) is 0 Å². The van der Waals surface area contributed by atoms with Crippen LogP contribution in [0.25, 0.3) is 0 Å². The molecule has 0 bridgehead atoms. The summed E-state index contributed by atoms with van der Waals surface area (Å²) in [5.74, 6) is -0.595. The maximum atomic E-state index is 12.2. The number of hydrogen-bond donors (Lipinski definition) is 2. The van der Waals surface area contributed by atoms with Gasteiger partial charge in [0.25, 0.3) is 11.8 Å². The minimum Gasteiger partial charge on any atom is -0.482 e. The third-order valence-corrected chi connectivity index (χ3v) is 4.39. The van der Waals surface area contributed by atoms with E-state index < -0.39 is 5.91 Å². The highest BCUT2D eigenvalue weighted by atomic mass is 16.5. The zero-order valence-corrected chi connectivity index (χ0v) is 15.2. The average molecular weight is 367 g/mol. The van der Waals surface area contributed by atoms with Gasteiger partial charge in [-0.3, -0.25) is 30.1 Å². The van der Waals surface area contributed by atoms with Crippen LogP contribution in [-0.2, 0) is 20.8 Å². The molecule has 1 aliphatic rings. The van der Waals surface area contributed by atoms with Gasteiger partial charge in [0.2, 0.25) is 5.91 Å². The highest BCUT2D eigenvalue weighted by Gasteiger charge is 2.27. The van der Waals surface area contributed by atoms with E-state index >= 15 is 0 Å². The first-order chi connectivity index (χ1) is 12.9. The van der Waals surface area contributed by atoms with Crippen molar-refractivity contribution in [3.63, 3.8) is 0 Å². The molecule has 2 N–H and O–H groups in total. The quantitative estimate of drug-likeness (QED) is 0.800. The van der Waals surface area contributed by atoms with Crippen molar-refractivity contribution in [1.82, 2.24) is 10.9 Å². The molecule has 1 heterocycles. The predicted molar refractivity (Wildman–Crippen MR) is 100 cm³/mol. The fraction of sp³-hybridized carbons (Fsp3) is 0.250. The van der Waals surface area contributed by atoms with Crippen LogP contribution in [-0.4, -0.2) is 30.9 Å². The minimum absolute atomic E-state index is 0.122. The lowest BCUT2D eigenvalue weighted by atomic mass is 10.0. The zero-order chi connectivity index (χ0) is 19.4. The number of benzene rings is 2. The Kier molecular flexibility index (Phi) is 5.40. The van der Waals surface area contributed by atoms with Gasteiger partial charge in [-0.15, -0.1) is 0 Å². The average Bonchev–Trinajstić information content (AvgIpc) is 2.65. The lowest BCUT2D eigenvalue weighted by Crippen LogP contribution is -2.50. The first-order valence-electron chi connectivity index (χ1n) is 8.60. The van der Waals surface area contributed by atoms with Gasteiger partial charge in [0.1, 0.15) is 12.3 Å². The molecule has 0 spiro atoms. The molecular formula is C20H21N3O4. The SMILES string of the molecule is Cc1ccc(CC(=O)NNC(=O)CN2C(=O)COc3ccccc32)cc1C. The van der Waals surface area contributed by atoms with Crippen LogP contribution in [0.2, 0.25) is 0 Å². The van der Waals surface area contributed by atoms with Gasteiger partial charge in [-0.2, -0.15) is 0 Å². The summed E-state index contributed by atoms with van der Waals surface area (Å²) in [5.41, 5.74) is 8.40. The van der Waals surface area contributed by atoms with Gasteiger partial charge in [-0.05, 0) is 42.7 Å². The number of para-hydroxylation sites is 2. The first-order valence-corrected chi connectivity index (χ1v) is 8.60. The third-order valence-electron chi connectivity index (χ3n) is 4.39. The van der Waals surface area contributed by atoms with Crippen LogP contribution >= 0.6 is 0 Å². The number of anilines is 1. The molecule has 0 atom stereocenters. The Balaban J connectivity index is 1.54. The minimum atomic E-state index is -0.492. The molecule has 7 heteroatoms. The number of rotatable bonds is 4. The Bertz CT molecular complexity index is 895. The highest BCUT2D eigenvalue weighted by molar-refractivity contribution is 6.02. The summed E-state index contributed by atoms with van der Waals surface area (Å²) in [5, 5.41) is 0. The van der Waals surface area contributed by atoms with Crippen LogP contribution in [0, 0.1) is 13.8 Å². The van der Waals surface area contributed by atoms with E-state index in [-0.39, 0.29) is 31.4 Å². The van der Waals surface area contributed by atoms with E-state index in [0.717, 1.165) is 16.7 Å². The Morgan fingerprint density at radius 3 is 2.56 bits per heavy atom. The van der Waals surface area contributed by atoms with E-state index in [1.165, 1.54) is 4.90 Å². The lowest BCUT2D eigenvalue weighted by Gasteiger charge is -2.28. The maximum Gasteiger partial charge on any atom is 0.265 e. The van der Waals surface area contributed by atoms with E-state index in [1.54, 1.807) is 24.3 Å². The molecule has 3 rings (SSSR count). The molecule has 0 fully saturated rings. The molecular weight excluding hydrogens is 346 g/mol. The standard InChI is InChI=1S/C20H21N3O4/c1-13-7-8-15(9-14(13)2)10-18(24)21-22-19(25)11-23-16-5-3-4-6-17(16)27-12-20(23)26/h3-9H,10-12H2,1-2H3,(H,21,24)(H,22,25).